The number of nitrogens with one attached hydrogen (secondary N) is 2. The Bertz CT molecular complexity index is 817. The lowest BCUT2D eigenvalue weighted by Gasteiger charge is -2.15. The Kier molecular flexibility index (Phi) is 11.5. The van der Waals surface area contributed by atoms with Crippen LogP contribution in [0.15, 0.2) is 35.3 Å². The van der Waals surface area contributed by atoms with E-state index in [1.807, 2.05) is 29.9 Å². The molecule has 1 heterocycles. The number of aryl methyl sites for hydroxylation is 2. The van der Waals surface area contributed by atoms with E-state index in [1.54, 1.807) is 19.0 Å². The maximum atomic E-state index is 12.0. The molecule has 2 N–H and O–H groups in total. The smallest absolute Gasteiger partial charge is 0.241 e. The van der Waals surface area contributed by atoms with Crippen molar-refractivity contribution in [3.8, 4) is 0 Å². The van der Waals surface area contributed by atoms with Gasteiger partial charge in [0.1, 0.15) is 0 Å². The van der Waals surface area contributed by atoms with Gasteiger partial charge in [0.05, 0.1) is 18.8 Å². The predicted octanol–water partition coefficient (Wildman–Crippen LogP) is 2.53. The van der Waals surface area contributed by atoms with Gasteiger partial charge < -0.3 is 15.5 Å². The van der Waals surface area contributed by atoms with Gasteiger partial charge in [-0.3, -0.25) is 9.48 Å². The van der Waals surface area contributed by atoms with Crippen LogP contribution in [-0.2, 0) is 37.6 Å². The highest BCUT2D eigenvalue weighted by Gasteiger charge is 2.13. The van der Waals surface area contributed by atoms with E-state index in [9.17, 15) is 4.79 Å². The fourth-order valence-electron chi connectivity index (χ4n) is 3.19. The number of carbonyl (C=O) groups is 1. The first-order chi connectivity index (χ1) is 14.0. The van der Waals surface area contributed by atoms with E-state index in [0.717, 1.165) is 31.5 Å². The second-order valence-corrected chi connectivity index (χ2v) is 7.17. The van der Waals surface area contributed by atoms with Crippen LogP contribution in [0.3, 0.4) is 0 Å². The summed E-state index contributed by atoms with van der Waals surface area (Å²) in [6.07, 6.45) is 2.68. The van der Waals surface area contributed by atoms with Gasteiger partial charge in [-0.15, -0.1) is 24.0 Å². The molecule has 0 bridgehead atoms. The molecule has 0 saturated carbocycles. The third kappa shape index (κ3) is 7.62. The summed E-state index contributed by atoms with van der Waals surface area (Å²) in [7, 11) is 5.49. The van der Waals surface area contributed by atoms with Crippen molar-refractivity contribution in [1.29, 1.82) is 0 Å². The fraction of sp³-hybridized carbons (Fsp3) is 0.500. The molecule has 1 amide bonds. The number of hydrogen-bond donors (Lipinski definition) is 2. The Morgan fingerprint density at radius 2 is 1.83 bits per heavy atom. The molecule has 0 aliphatic rings. The first-order valence-corrected chi connectivity index (χ1v) is 10.3. The molecule has 1 aromatic heterocycles. The van der Waals surface area contributed by atoms with E-state index >= 15 is 0 Å². The molecule has 2 aromatic rings. The number of likely N-dealkylation sites (N-methyl/N-ethyl adjacent to an activating group) is 1. The second-order valence-electron chi connectivity index (χ2n) is 7.17. The monoisotopic (exact) mass is 526 g/mol. The van der Waals surface area contributed by atoms with Crippen LogP contribution >= 0.6 is 24.0 Å². The zero-order valence-electron chi connectivity index (χ0n) is 18.7. The summed E-state index contributed by atoms with van der Waals surface area (Å²) in [5, 5.41) is 11.1. The van der Waals surface area contributed by atoms with Gasteiger partial charge in [0.25, 0.3) is 0 Å². The number of hydrogen-bond acceptors (Lipinski definition) is 3. The van der Waals surface area contributed by atoms with Crippen LogP contribution in [0.2, 0.25) is 0 Å². The Balaban J connectivity index is 0.00000450. The summed E-state index contributed by atoms with van der Waals surface area (Å²) >= 11 is 0. The van der Waals surface area contributed by atoms with Crippen molar-refractivity contribution in [2.24, 2.45) is 12.0 Å². The molecular weight excluding hydrogens is 491 g/mol. The lowest BCUT2D eigenvalue weighted by Crippen LogP contribution is -2.43. The van der Waals surface area contributed by atoms with Gasteiger partial charge >= 0.3 is 0 Å². The molecule has 0 radical (unpaired) electrons. The van der Waals surface area contributed by atoms with Gasteiger partial charge in [-0.05, 0) is 24.8 Å². The number of aromatic nitrogens is 2. The number of rotatable bonds is 9. The first kappa shape index (κ1) is 25.9. The number of guanidine groups is 1. The lowest BCUT2D eigenvalue weighted by molar-refractivity contribution is -0.127. The van der Waals surface area contributed by atoms with Crippen LogP contribution in [0.25, 0.3) is 0 Å². The van der Waals surface area contributed by atoms with E-state index in [0.29, 0.717) is 12.5 Å². The van der Waals surface area contributed by atoms with Crippen LogP contribution in [0.5, 0.6) is 0 Å². The van der Waals surface area contributed by atoms with Crippen molar-refractivity contribution >= 4 is 35.8 Å². The number of benzene rings is 1. The minimum absolute atomic E-state index is 0. The summed E-state index contributed by atoms with van der Waals surface area (Å²) in [4.78, 5) is 18.3. The second kappa shape index (κ2) is 13.3. The SMILES string of the molecule is CCc1nn(C)c(CC)c1CN=C(NCCc1ccccc1)NCC(=O)N(C)C.I. The standard InChI is InChI=1S/C22H34N6O.HI/c1-6-19-18(20(7-2)28(5)26-19)15-24-22(25-16-21(29)27(3)4)23-14-13-17-11-9-8-10-12-17;/h8-12H,6-7,13-16H2,1-5H3,(H2,23,24,25);1H. The molecule has 2 rings (SSSR count). The quantitative estimate of drug-likeness (QED) is 0.299. The van der Waals surface area contributed by atoms with E-state index in [-0.39, 0.29) is 36.4 Å². The molecule has 8 heteroatoms. The Labute approximate surface area is 197 Å². The maximum absolute atomic E-state index is 12.0. The maximum Gasteiger partial charge on any atom is 0.241 e. The number of aliphatic imine (C=N–C) groups is 1. The van der Waals surface area contributed by atoms with Gasteiger partial charge in [-0.1, -0.05) is 44.2 Å². The van der Waals surface area contributed by atoms with Crippen LogP contribution < -0.4 is 10.6 Å². The van der Waals surface area contributed by atoms with Gasteiger partial charge in [0, 0.05) is 38.9 Å². The molecule has 0 aliphatic carbocycles. The third-order valence-corrected chi connectivity index (χ3v) is 4.88. The van der Waals surface area contributed by atoms with Crippen molar-refractivity contribution in [3.05, 3.63) is 52.8 Å². The molecule has 0 unspecified atom stereocenters. The largest absolute Gasteiger partial charge is 0.356 e. The minimum Gasteiger partial charge on any atom is -0.356 e. The van der Waals surface area contributed by atoms with E-state index in [4.69, 9.17) is 4.99 Å². The molecule has 166 valence electrons. The summed E-state index contributed by atoms with van der Waals surface area (Å²) < 4.78 is 1.95. The third-order valence-electron chi connectivity index (χ3n) is 4.88. The molecule has 0 fully saturated rings. The molecule has 30 heavy (non-hydrogen) atoms. The summed E-state index contributed by atoms with van der Waals surface area (Å²) in [6, 6.07) is 10.3. The average molecular weight is 526 g/mol. The highest BCUT2D eigenvalue weighted by atomic mass is 127. The molecule has 0 aliphatic heterocycles. The molecule has 1 aromatic carbocycles. The Morgan fingerprint density at radius 3 is 2.43 bits per heavy atom. The first-order valence-electron chi connectivity index (χ1n) is 10.3. The molecule has 7 nitrogen and oxygen atoms in total. The van der Waals surface area contributed by atoms with E-state index in [1.165, 1.54) is 16.8 Å². The van der Waals surface area contributed by atoms with Crippen molar-refractivity contribution in [2.45, 2.75) is 39.7 Å². The van der Waals surface area contributed by atoms with Crippen molar-refractivity contribution in [3.63, 3.8) is 0 Å². The van der Waals surface area contributed by atoms with Gasteiger partial charge in [-0.25, -0.2) is 4.99 Å². The zero-order chi connectivity index (χ0) is 21.2. The minimum atomic E-state index is 0. The average Bonchev–Trinajstić information content (AvgIpc) is 3.04. The highest BCUT2D eigenvalue weighted by Crippen LogP contribution is 2.16. The molecule has 0 atom stereocenters. The van der Waals surface area contributed by atoms with Crippen molar-refractivity contribution in [2.75, 3.05) is 27.2 Å². The Hall–Kier alpha value is -2.10. The highest BCUT2D eigenvalue weighted by molar-refractivity contribution is 14.0. The predicted molar refractivity (Wildman–Crippen MR) is 133 cm³/mol. The Morgan fingerprint density at radius 1 is 1.13 bits per heavy atom. The van der Waals surface area contributed by atoms with Gasteiger partial charge in [0.2, 0.25) is 5.91 Å². The number of amides is 1. The summed E-state index contributed by atoms with van der Waals surface area (Å²) in [5.74, 6) is 0.650. The molecular formula is C22H35IN6O. The lowest BCUT2D eigenvalue weighted by atomic mass is 10.1. The van der Waals surface area contributed by atoms with Crippen LogP contribution in [0.4, 0.5) is 0 Å². The molecule has 0 spiro atoms. The zero-order valence-corrected chi connectivity index (χ0v) is 21.1. The normalized spacial score (nSPS) is 11.0. The topological polar surface area (TPSA) is 74.5 Å². The van der Waals surface area contributed by atoms with Crippen LogP contribution in [0, 0.1) is 0 Å². The van der Waals surface area contributed by atoms with Gasteiger partial charge in [0.15, 0.2) is 5.96 Å². The van der Waals surface area contributed by atoms with Crippen LogP contribution in [-0.4, -0.2) is 53.7 Å². The van der Waals surface area contributed by atoms with Crippen molar-refractivity contribution in [1.82, 2.24) is 25.3 Å². The summed E-state index contributed by atoms with van der Waals surface area (Å²) in [6.45, 7) is 5.73. The van der Waals surface area contributed by atoms with Gasteiger partial charge in [-0.2, -0.15) is 5.10 Å². The van der Waals surface area contributed by atoms with E-state index in [2.05, 4.69) is 41.7 Å². The summed E-state index contributed by atoms with van der Waals surface area (Å²) in [5.41, 5.74) is 4.73. The number of halogens is 1. The number of carbonyl (C=O) groups excluding carboxylic acids is 1. The van der Waals surface area contributed by atoms with Crippen molar-refractivity contribution < 1.29 is 4.79 Å². The van der Waals surface area contributed by atoms with Crippen LogP contribution in [0.1, 0.15) is 36.4 Å². The fourth-order valence-corrected chi connectivity index (χ4v) is 3.19. The number of nitrogens with zero attached hydrogens (tertiary/aromatic N) is 4. The van der Waals surface area contributed by atoms with E-state index < -0.39 is 0 Å². The molecule has 0 saturated heterocycles.